The molecule has 0 bridgehead atoms. The largest absolute Gasteiger partial charge is 0.494 e. The van der Waals surface area contributed by atoms with Crippen molar-refractivity contribution in [3.8, 4) is 11.4 Å². The van der Waals surface area contributed by atoms with Gasteiger partial charge in [-0.1, -0.05) is 15.9 Å². The summed E-state index contributed by atoms with van der Waals surface area (Å²) in [6.07, 6.45) is 1.64. The average Bonchev–Trinajstić information content (AvgIpc) is 2.94. The van der Waals surface area contributed by atoms with Crippen molar-refractivity contribution in [3.05, 3.63) is 74.4 Å². The Morgan fingerprint density at radius 3 is 2.37 bits per heavy atom. The van der Waals surface area contributed by atoms with Gasteiger partial charge < -0.3 is 14.6 Å². The van der Waals surface area contributed by atoms with Gasteiger partial charge in [-0.3, -0.25) is 0 Å². The number of rotatable bonds is 6. The van der Waals surface area contributed by atoms with Gasteiger partial charge in [-0.2, -0.15) is 5.10 Å². The van der Waals surface area contributed by atoms with Gasteiger partial charge in [-0.25, -0.2) is 10.2 Å². The summed E-state index contributed by atoms with van der Waals surface area (Å²) < 4.78 is 9.48. The van der Waals surface area contributed by atoms with E-state index in [4.69, 9.17) is 4.74 Å². The fourth-order valence-corrected chi connectivity index (χ4v) is 3.90. The number of aromatic nitrogens is 1. The highest BCUT2D eigenvalue weighted by atomic mass is 79.9. The molecule has 0 radical (unpaired) electrons. The molecule has 6 nitrogen and oxygen atoms in total. The fraction of sp³-hybridized carbons (Fsp3) is 0.182. The van der Waals surface area contributed by atoms with Crippen LogP contribution in [-0.4, -0.2) is 23.4 Å². The predicted octanol–water partition coefficient (Wildman–Crippen LogP) is 6.17. The second-order valence-corrected chi connectivity index (χ2v) is 8.20. The number of nitrogens with zero attached hydrogens (tertiary/aromatic N) is 2. The van der Waals surface area contributed by atoms with Crippen LogP contribution in [0.3, 0.4) is 0 Å². The number of hydrazone groups is 1. The summed E-state index contributed by atoms with van der Waals surface area (Å²) in [7, 11) is 0. The van der Waals surface area contributed by atoms with Crippen LogP contribution in [0.1, 0.15) is 23.9 Å². The van der Waals surface area contributed by atoms with E-state index in [1.807, 2.05) is 45.0 Å². The minimum Gasteiger partial charge on any atom is -0.494 e. The molecule has 1 aromatic heterocycles. The molecule has 2 N–H and O–H groups in total. The Morgan fingerprint density at radius 2 is 1.73 bits per heavy atom. The van der Waals surface area contributed by atoms with Crippen LogP contribution in [0.2, 0.25) is 0 Å². The molecule has 8 heteroatoms. The van der Waals surface area contributed by atoms with Crippen molar-refractivity contribution in [1.29, 1.82) is 0 Å². The molecular formula is C22H22Br2N4O2. The zero-order valence-electron chi connectivity index (χ0n) is 16.9. The van der Waals surface area contributed by atoms with Gasteiger partial charge in [-0.15, -0.1) is 0 Å². The van der Waals surface area contributed by atoms with E-state index in [9.17, 15) is 4.79 Å². The first kappa shape index (κ1) is 22.1. The summed E-state index contributed by atoms with van der Waals surface area (Å²) in [5.41, 5.74) is 7.17. The van der Waals surface area contributed by atoms with Crippen LogP contribution in [0.15, 0.2) is 62.6 Å². The summed E-state index contributed by atoms with van der Waals surface area (Å²) in [4.78, 5) is 12.1. The van der Waals surface area contributed by atoms with Gasteiger partial charge in [0.1, 0.15) is 5.75 Å². The van der Waals surface area contributed by atoms with Crippen LogP contribution in [0.25, 0.3) is 5.69 Å². The Morgan fingerprint density at radius 1 is 1.07 bits per heavy atom. The third kappa shape index (κ3) is 5.12. The highest BCUT2D eigenvalue weighted by Gasteiger charge is 2.15. The first-order valence-corrected chi connectivity index (χ1v) is 11.0. The molecule has 2 amide bonds. The van der Waals surface area contributed by atoms with E-state index in [1.54, 1.807) is 30.5 Å². The van der Waals surface area contributed by atoms with E-state index in [0.29, 0.717) is 12.3 Å². The second kappa shape index (κ2) is 9.95. The smallest absolute Gasteiger partial charge is 0.339 e. The molecule has 3 aromatic rings. The van der Waals surface area contributed by atoms with Crippen LogP contribution < -0.4 is 15.5 Å². The Balaban J connectivity index is 1.69. The number of anilines is 1. The maximum Gasteiger partial charge on any atom is 0.339 e. The Kier molecular flexibility index (Phi) is 7.33. The number of halogens is 2. The van der Waals surface area contributed by atoms with Crippen LogP contribution in [0.5, 0.6) is 5.75 Å². The lowest BCUT2D eigenvalue weighted by atomic mass is 10.2. The van der Waals surface area contributed by atoms with Crippen molar-refractivity contribution in [2.24, 2.45) is 5.10 Å². The Hall–Kier alpha value is -2.58. The lowest BCUT2D eigenvalue weighted by Crippen LogP contribution is -2.24. The molecular weight excluding hydrogens is 512 g/mol. The van der Waals surface area contributed by atoms with E-state index >= 15 is 0 Å². The molecule has 156 valence electrons. The summed E-state index contributed by atoms with van der Waals surface area (Å²) >= 11 is 7.11. The second-order valence-electron chi connectivity index (χ2n) is 6.49. The molecule has 0 aliphatic carbocycles. The van der Waals surface area contributed by atoms with Crippen molar-refractivity contribution < 1.29 is 9.53 Å². The number of ether oxygens (including phenoxy) is 1. The number of hydrogen-bond acceptors (Lipinski definition) is 3. The molecule has 1 heterocycles. The third-order valence-electron chi connectivity index (χ3n) is 4.48. The lowest BCUT2D eigenvalue weighted by molar-refractivity contribution is 0.252. The fourth-order valence-electron chi connectivity index (χ4n) is 3.07. The molecule has 0 aliphatic rings. The van der Waals surface area contributed by atoms with Gasteiger partial charge in [0, 0.05) is 37.3 Å². The van der Waals surface area contributed by atoms with Crippen LogP contribution in [0, 0.1) is 13.8 Å². The first-order valence-electron chi connectivity index (χ1n) is 9.37. The minimum atomic E-state index is -0.423. The Labute approximate surface area is 192 Å². The zero-order valence-corrected chi connectivity index (χ0v) is 20.0. The molecule has 0 fully saturated rings. The SMILES string of the molecule is CCOc1ccc(NC(=O)N/N=C/c2c(Br)c(C)n(-c3ccc(Br)cc3)c2C)cc1. The molecule has 0 spiro atoms. The van der Waals surface area contributed by atoms with Gasteiger partial charge in [0.25, 0.3) is 0 Å². The molecule has 0 saturated carbocycles. The molecule has 3 rings (SSSR count). The standard InChI is InChI=1S/C22H22Br2N4O2/c1-4-30-19-11-7-17(8-12-19)26-22(29)27-25-13-20-14(2)28(15(3)21(20)24)18-9-5-16(23)6-10-18/h5-13H,4H2,1-3H3,(H2,26,27,29)/b25-13+. The van der Waals surface area contributed by atoms with Crippen molar-refractivity contribution >= 4 is 49.8 Å². The number of amides is 2. The van der Waals surface area contributed by atoms with Gasteiger partial charge >= 0.3 is 6.03 Å². The van der Waals surface area contributed by atoms with E-state index in [2.05, 4.69) is 52.3 Å². The summed E-state index contributed by atoms with van der Waals surface area (Å²) in [6.45, 7) is 6.57. The number of carbonyl (C=O) groups excluding carboxylic acids is 1. The number of hydrogen-bond donors (Lipinski definition) is 2. The van der Waals surface area contributed by atoms with Gasteiger partial charge in [0.2, 0.25) is 0 Å². The van der Waals surface area contributed by atoms with Crippen LogP contribution >= 0.6 is 31.9 Å². The summed E-state index contributed by atoms with van der Waals surface area (Å²) in [5, 5.41) is 6.84. The van der Waals surface area contributed by atoms with Crippen molar-refractivity contribution in [1.82, 2.24) is 9.99 Å². The number of benzene rings is 2. The average molecular weight is 534 g/mol. The highest BCUT2D eigenvalue weighted by molar-refractivity contribution is 9.10. The quantitative estimate of drug-likeness (QED) is 0.293. The highest BCUT2D eigenvalue weighted by Crippen LogP contribution is 2.30. The van der Waals surface area contributed by atoms with E-state index in [1.165, 1.54) is 0 Å². The summed E-state index contributed by atoms with van der Waals surface area (Å²) in [6, 6.07) is 14.8. The molecule has 2 aromatic carbocycles. The topological polar surface area (TPSA) is 67.7 Å². The van der Waals surface area contributed by atoms with Crippen LogP contribution in [-0.2, 0) is 0 Å². The van der Waals surface area contributed by atoms with Gasteiger partial charge in [0.15, 0.2) is 0 Å². The zero-order chi connectivity index (χ0) is 21.7. The van der Waals surface area contributed by atoms with Gasteiger partial charge in [0.05, 0.1) is 12.8 Å². The normalized spacial score (nSPS) is 11.0. The molecule has 0 atom stereocenters. The van der Waals surface area contributed by atoms with Crippen LogP contribution in [0.4, 0.5) is 10.5 Å². The molecule has 0 saturated heterocycles. The maximum atomic E-state index is 12.1. The van der Waals surface area contributed by atoms with E-state index < -0.39 is 6.03 Å². The molecule has 0 aliphatic heterocycles. The first-order chi connectivity index (χ1) is 14.4. The summed E-state index contributed by atoms with van der Waals surface area (Å²) in [5.74, 6) is 0.757. The minimum absolute atomic E-state index is 0.423. The number of nitrogens with one attached hydrogen (secondary N) is 2. The monoisotopic (exact) mass is 532 g/mol. The van der Waals surface area contributed by atoms with E-state index in [-0.39, 0.29) is 0 Å². The van der Waals surface area contributed by atoms with Gasteiger partial charge in [-0.05, 0) is 85.2 Å². The van der Waals surface area contributed by atoms with E-state index in [0.717, 1.165) is 37.3 Å². The number of carbonyl (C=O) groups is 1. The molecule has 30 heavy (non-hydrogen) atoms. The van der Waals surface area contributed by atoms with Crippen molar-refractivity contribution in [3.63, 3.8) is 0 Å². The predicted molar refractivity (Wildman–Crippen MR) is 128 cm³/mol. The lowest BCUT2D eigenvalue weighted by Gasteiger charge is -2.09. The molecule has 0 unspecified atom stereocenters. The number of urea groups is 1. The van der Waals surface area contributed by atoms with Crippen molar-refractivity contribution in [2.75, 3.05) is 11.9 Å². The Bertz CT molecular complexity index is 1060. The third-order valence-corrected chi connectivity index (χ3v) is 6.01. The maximum absolute atomic E-state index is 12.1. The van der Waals surface area contributed by atoms with Crippen molar-refractivity contribution in [2.45, 2.75) is 20.8 Å².